The van der Waals surface area contributed by atoms with Crippen LogP contribution in [0.3, 0.4) is 0 Å². The molecule has 1 aliphatic rings. The van der Waals surface area contributed by atoms with Gasteiger partial charge in [0.2, 0.25) is 0 Å². The summed E-state index contributed by atoms with van der Waals surface area (Å²) in [5.41, 5.74) is 0.496. The largest absolute Gasteiger partial charge is 0.371 e. The van der Waals surface area contributed by atoms with Crippen molar-refractivity contribution >= 4 is 11.7 Å². The fraction of sp³-hybridized carbons (Fsp3) is 0.684. The van der Waals surface area contributed by atoms with Crippen molar-refractivity contribution in [3.63, 3.8) is 0 Å². The maximum atomic E-state index is 12.2. The summed E-state index contributed by atoms with van der Waals surface area (Å²) in [7, 11) is 3.50. The van der Waals surface area contributed by atoms with Gasteiger partial charge in [-0.15, -0.1) is 0 Å². The van der Waals surface area contributed by atoms with Gasteiger partial charge in [-0.3, -0.25) is 4.79 Å². The molecule has 0 saturated carbocycles. The number of carbonyl (C=O) groups is 1. The number of anilines is 1. The highest BCUT2D eigenvalue weighted by molar-refractivity contribution is 5.92. The highest BCUT2D eigenvalue weighted by atomic mass is 16.5. The highest BCUT2D eigenvalue weighted by Gasteiger charge is 2.30. The molecule has 134 valence electrons. The second kappa shape index (κ2) is 8.47. The van der Waals surface area contributed by atoms with Gasteiger partial charge in [-0.2, -0.15) is 0 Å². The quantitative estimate of drug-likeness (QED) is 0.802. The third-order valence-corrected chi connectivity index (χ3v) is 4.50. The van der Waals surface area contributed by atoms with Gasteiger partial charge in [-0.1, -0.05) is 39.7 Å². The van der Waals surface area contributed by atoms with Crippen LogP contribution in [0.2, 0.25) is 0 Å². The van der Waals surface area contributed by atoms with E-state index < -0.39 is 0 Å². The number of carbonyl (C=O) groups excluding carboxylic acids is 1. The van der Waals surface area contributed by atoms with Crippen LogP contribution in [-0.2, 0) is 4.74 Å². The summed E-state index contributed by atoms with van der Waals surface area (Å²) in [5, 5.41) is 0. The van der Waals surface area contributed by atoms with Crippen molar-refractivity contribution < 1.29 is 9.53 Å². The zero-order valence-electron chi connectivity index (χ0n) is 15.7. The minimum absolute atomic E-state index is 0.0620. The van der Waals surface area contributed by atoms with E-state index in [0.29, 0.717) is 11.6 Å². The molecule has 0 aromatic carbocycles. The molecule has 1 fully saturated rings. The maximum absolute atomic E-state index is 12.2. The smallest absolute Gasteiger partial charge is 0.272 e. The summed E-state index contributed by atoms with van der Waals surface area (Å²) < 4.78 is 6.27. The monoisotopic (exact) mass is 333 g/mol. The van der Waals surface area contributed by atoms with Gasteiger partial charge in [0.25, 0.3) is 5.91 Å². The Morgan fingerprint density at radius 2 is 2.12 bits per heavy atom. The summed E-state index contributed by atoms with van der Waals surface area (Å²) >= 11 is 0. The Hall–Kier alpha value is -1.62. The van der Waals surface area contributed by atoms with Crippen LogP contribution in [0.5, 0.6) is 0 Å². The predicted octanol–water partition coefficient (Wildman–Crippen LogP) is 3.20. The molecule has 24 heavy (non-hydrogen) atoms. The number of nitrogens with zero attached hydrogens (tertiary/aromatic N) is 3. The first kappa shape index (κ1) is 18.7. The third kappa shape index (κ3) is 4.69. The molecule has 5 nitrogen and oxygen atoms in total. The Morgan fingerprint density at radius 3 is 2.75 bits per heavy atom. The summed E-state index contributed by atoms with van der Waals surface area (Å²) in [6.07, 6.45) is 3.87. The fourth-order valence-electron chi connectivity index (χ4n) is 2.96. The standard InChI is InChI=1S/C19H31N3O2/c1-6-7-9-15-12-22(13-17(24-15)14(2)3)18-11-8-10-16(20-18)19(23)21(4)5/h8,10-11,14-15,17H,6-7,9,12-13H2,1-5H3/t15-,17-/m1/s1. The molecule has 0 aliphatic carbocycles. The summed E-state index contributed by atoms with van der Waals surface area (Å²) in [4.78, 5) is 20.6. The molecule has 0 radical (unpaired) electrons. The Balaban J connectivity index is 2.19. The van der Waals surface area contributed by atoms with Crippen molar-refractivity contribution in [1.82, 2.24) is 9.88 Å². The topological polar surface area (TPSA) is 45.7 Å². The lowest BCUT2D eigenvalue weighted by molar-refractivity contribution is -0.0521. The van der Waals surface area contributed by atoms with E-state index in [2.05, 4.69) is 30.7 Å². The van der Waals surface area contributed by atoms with Crippen LogP contribution in [0.1, 0.15) is 50.5 Å². The van der Waals surface area contributed by atoms with E-state index in [4.69, 9.17) is 4.74 Å². The molecule has 0 bridgehead atoms. The predicted molar refractivity (Wildman–Crippen MR) is 97.5 cm³/mol. The van der Waals surface area contributed by atoms with Crippen LogP contribution in [0.15, 0.2) is 18.2 Å². The van der Waals surface area contributed by atoms with Gasteiger partial charge < -0.3 is 14.5 Å². The van der Waals surface area contributed by atoms with E-state index in [-0.39, 0.29) is 18.1 Å². The molecule has 0 spiro atoms. The summed E-state index contributed by atoms with van der Waals surface area (Å²) in [6.45, 7) is 8.27. The number of unbranched alkanes of at least 4 members (excludes halogenated alkanes) is 1. The van der Waals surface area contributed by atoms with Crippen LogP contribution in [0, 0.1) is 5.92 Å². The van der Waals surface area contributed by atoms with Gasteiger partial charge in [-0.05, 0) is 24.5 Å². The number of ether oxygens (including phenoxy) is 1. The molecular weight excluding hydrogens is 302 g/mol. The maximum Gasteiger partial charge on any atom is 0.272 e. The highest BCUT2D eigenvalue weighted by Crippen LogP contribution is 2.24. The van der Waals surface area contributed by atoms with E-state index >= 15 is 0 Å². The lowest BCUT2D eigenvalue weighted by Gasteiger charge is -2.40. The molecule has 1 aromatic heterocycles. The SMILES string of the molecule is CCCC[C@@H]1CN(c2cccc(C(=O)N(C)C)n2)C[C@H](C(C)C)O1. The zero-order valence-corrected chi connectivity index (χ0v) is 15.7. The van der Waals surface area contributed by atoms with Crippen LogP contribution in [0.4, 0.5) is 5.82 Å². The summed E-state index contributed by atoms with van der Waals surface area (Å²) in [6, 6.07) is 5.69. The van der Waals surface area contributed by atoms with Crippen LogP contribution >= 0.6 is 0 Å². The number of aromatic nitrogens is 1. The number of hydrogen-bond acceptors (Lipinski definition) is 4. The number of morpholine rings is 1. The van der Waals surface area contributed by atoms with Crippen LogP contribution in [0.25, 0.3) is 0 Å². The number of pyridine rings is 1. The van der Waals surface area contributed by atoms with Gasteiger partial charge in [0.05, 0.1) is 12.2 Å². The number of amides is 1. The van der Waals surface area contributed by atoms with Crippen LogP contribution in [-0.4, -0.2) is 55.2 Å². The van der Waals surface area contributed by atoms with Gasteiger partial charge in [0.15, 0.2) is 0 Å². The van der Waals surface area contributed by atoms with E-state index in [0.717, 1.165) is 25.3 Å². The molecule has 2 rings (SSSR count). The molecular formula is C19H31N3O2. The first-order chi connectivity index (χ1) is 11.4. The molecule has 1 saturated heterocycles. The Labute approximate surface area is 146 Å². The Kier molecular flexibility index (Phi) is 6.60. The molecule has 2 heterocycles. The summed E-state index contributed by atoms with van der Waals surface area (Å²) in [5.74, 6) is 1.27. The minimum Gasteiger partial charge on any atom is -0.371 e. The lowest BCUT2D eigenvalue weighted by Crippen LogP contribution is -2.50. The second-order valence-corrected chi connectivity index (χ2v) is 7.17. The first-order valence-corrected chi connectivity index (χ1v) is 9.01. The fourth-order valence-corrected chi connectivity index (χ4v) is 2.96. The number of rotatable bonds is 6. The van der Waals surface area contributed by atoms with E-state index in [9.17, 15) is 4.79 Å². The van der Waals surface area contributed by atoms with E-state index in [1.165, 1.54) is 12.8 Å². The zero-order chi connectivity index (χ0) is 17.7. The van der Waals surface area contributed by atoms with E-state index in [1.807, 2.05) is 12.1 Å². The van der Waals surface area contributed by atoms with Gasteiger partial charge in [0, 0.05) is 27.2 Å². The number of hydrogen-bond donors (Lipinski definition) is 0. The van der Waals surface area contributed by atoms with Crippen molar-refractivity contribution in [2.24, 2.45) is 5.92 Å². The van der Waals surface area contributed by atoms with E-state index in [1.54, 1.807) is 25.1 Å². The molecule has 5 heteroatoms. The average molecular weight is 333 g/mol. The first-order valence-electron chi connectivity index (χ1n) is 9.01. The lowest BCUT2D eigenvalue weighted by atomic mass is 10.0. The van der Waals surface area contributed by atoms with Gasteiger partial charge in [0.1, 0.15) is 11.5 Å². The van der Waals surface area contributed by atoms with Crippen LogP contribution < -0.4 is 4.90 Å². The second-order valence-electron chi connectivity index (χ2n) is 7.17. The van der Waals surface area contributed by atoms with Gasteiger partial charge in [-0.25, -0.2) is 4.98 Å². The molecule has 1 amide bonds. The van der Waals surface area contributed by atoms with Crippen molar-refractivity contribution in [3.8, 4) is 0 Å². The Morgan fingerprint density at radius 1 is 1.38 bits per heavy atom. The Bertz CT molecular complexity index is 545. The van der Waals surface area contributed by atoms with Gasteiger partial charge >= 0.3 is 0 Å². The molecule has 0 unspecified atom stereocenters. The van der Waals surface area contributed by atoms with Crippen molar-refractivity contribution in [1.29, 1.82) is 0 Å². The van der Waals surface area contributed by atoms with Crippen molar-refractivity contribution in [2.45, 2.75) is 52.2 Å². The minimum atomic E-state index is -0.0620. The average Bonchev–Trinajstić information content (AvgIpc) is 2.59. The van der Waals surface area contributed by atoms with Crippen molar-refractivity contribution in [3.05, 3.63) is 23.9 Å². The molecule has 1 aliphatic heterocycles. The molecule has 0 N–H and O–H groups in total. The molecule has 1 aromatic rings. The van der Waals surface area contributed by atoms with Crippen molar-refractivity contribution in [2.75, 3.05) is 32.1 Å². The molecule has 2 atom stereocenters. The third-order valence-electron chi connectivity index (χ3n) is 4.50. The normalized spacial score (nSPS) is 21.2.